The third kappa shape index (κ3) is 2.23. The molecule has 2 atom stereocenters. The van der Waals surface area contributed by atoms with E-state index in [1.807, 2.05) is 11.8 Å². The minimum absolute atomic E-state index is 0.253. The number of carbonyl (C=O) groups is 1. The van der Waals surface area contributed by atoms with E-state index in [2.05, 4.69) is 12.1 Å². The topological polar surface area (TPSA) is 78.9 Å². The van der Waals surface area contributed by atoms with Crippen LogP contribution in [0.3, 0.4) is 0 Å². The number of oxime groups is 1. The first-order valence-corrected chi connectivity index (χ1v) is 6.25. The molecule has 1 aliphatic heterocycles. The van der Waals surface area contributed by atoms with Crippen LogP contribution in [0.25, 0.3) is 0 Å². The number of likely N-dealkylation sites (tertiary alicyclic amines) is 1. The maximum Gasteiger partial charge on any atom is 0.225 e. The number of rotatable bonds is 2. The summed E-state index contributed by atoms with van der Waals surface area (Å²) in [6, 6.07) is 0. The quantitative estimate of drug-likeness (QED) is 0.327. The van der Waals surface area contributed by atoms with Crippen molar-refractivity contribution in [3.05, 3.63) is 0 Å². The van der Waals surface area contributed by atoms with E-state index in [4.69, 9.17) is 10.9 Å². The predicted molar refractivity (Wildman–Crippen MR) is 64.6 cm³/mol. The van der Waals surface area contributed by atoms with Crippen molar-refractivity contribution in [2.45, 2.75) is 33.1 Å². The summed E-state index contributed by atoms with van der Waals surface area (Å²) in [4.78, 5) is 14.0. The molecule has 2 fully saturated rings. The fourth-order valence-electron chi connectivity index (χ4n) is 2.50. The van der Waals surface area contributed by atoms with E-state index < -0.39 is 0 Å². The van der Waals surface area contributed by atoms with Crippen LogP contribution in [0.1, 0.15) is 33.1 Å². The van der Waals surface area contributed by atoms with E-state index in [-0.39, 0.29) is 17.2 Å². The average molecular weight is 239 g/mol. The second-order valence-corrected chi connectivity index (χ2v) is 5.69. The zero-order valence-electron chi connectivity index (χ0n) is 10.5. The number of hydrogen-bond acceptors (Lipinski definition) is 3. The van der Waals surface area contributed by atoms with E-state index in [0.717, 1.165) is 32.4 Å². The van der Waals surface area contributed by atoms with Gasteiger partial charge in [0.1, 0.15) is 5.84 Å². The Balaban J connectivity index is 1.92. The third-order valence-electron chi connectivity index (χ3n) is 4.33. The van der Waals surface area contributed by atoms with Crippen molar-refractivity contribution in [1.82, 2.24) is 4.90 Å². The van der Waals surface area contributed by atoms with Gasteiger partial charge in [-0.2, -0.15) is 0 Å². The van der Waals surface area contributed by atoms with Crippen molar-refractivity contribution in [3.63, 3.8) is 0 Å². The number of amidine groups is 1. The molecule has 0 bridgehead atoms. The molecule has 3 N–H and O–H groups in total. The highest BCUT2D eigenvalue weighted by Gasteiger charge is 2.43. The van der Waals surface area contributed by atoms with Crippen LogP contribution in [0.15, 0.2) is 5.16 Å². The normalized spacial score (nSPS) is 32.4. The van der Waals surface area contributed by atoms with Gasteiger partial charge in [-0.25, -0.2) is 0 Å². The van der Waals surface area contributed by atoms with Gasteiger partial charge in [0.05, 0.1) is 0 Å². The summed E-state index contributed by atoms with van der Waals surface area (Å²) in [5.74, 6) is 1.38. The third-order valence-corrected chi connectivity index (χ3v) is 4.33. The molecule has 1 saturated carbocycles. The first-order valence-electron chi connectivity index (χ1n) is 6.25. The zero-order valence-corrected chi connectivity index (χ0v) is 10.5. The monoisotopic (exact) mass is 239 g/mol. The standard InChI is InChI=1S/C12H21N3O2/c1-8-7-9(8)10(16)15-5-3-12(2,4-6-15)11(13)14-17/h8-9,17H,3-7H2,1-2H3,(H2,13,14). The Bertz CT molecular complexity index is 346. The fourth-order valence-corrected chi connectivity index (χ4v) is 2.50. The van der Waals surface area contributed by atoms with Crippen LogP contribution in [0.4, 0.5) is 0 Å². The number of hydrogen-bond donors (Lipinski definition) is 2. The molecule has 2 rings (SSSR count). The summed E-state index contributed by atoms with van der Waals surface area (Å²) in [6.07, 6.45) is 2.58. The highest BCUT2D eigenvalue weighted by molar-refractivity contribution is 5.86. The van der Waals surface area contributed by atoms with Crippen LogP contribution < -0.4 is 5.73 Å². The minimum atomic E-state index is -0.263. The van der Waals surface area contributed by atoms with Gasteiger partial charge in [0.15, 0.2) is 0 Å². The average Bonchev–Trinajstić information content (AvgIpc) is 3.05. The first-order chi connectivity index (χ1) is 7.98. The molecule has 2 unspecified atom stereocenters. The lowest BCUT2D eigenvalue weighted by Crippen LogP contribution is -2.47. The van der Waals surface area contributed by atoms with Gasteiger partial charge in [-0.1, -0.05) is 19.0 Å². The predicted octanol–water partition coefficient (Wildman–Crippen LogP) is 1.02. The van der Waals surface area contributed by atoms with Crippen LogP contribution in [0.2, 0.25) is 0 Å². The Morgan fingerprint density at radius 1 is 1.47 bits per heavy atom. The Morgan fingerprint density at radius 2 is 2.00 bits per heavy atom. The molecule has 2 aliphatic rings. The van der Waals surface area contributed by atoms with Crippen LogP contribution in [0, 0.1) is 17.3 Å². The molecule has 17 heavy (non-hydrogen) atoms. The number of piperidine rings is 1. The summed E-state index contributed by atoms with van der Waals surface area (Å²) in [7, 11) is 0. The molecule has 0 spiro atoms. The summed E-state index contributed by atoms with van der Waals surface area (Å²) in [6.45, 7) is 5.54. The van der Waals surface area contributed by atoms with Gasteiger partial charge in [0, 0.05) is 24.4 Å². The Morgan fingerprint density at radius 3 is 2.41 bits per heavy atom. The number of nitrogens with zero attached hydrogens (tertiary/aromatic N) is 2. The molecule has 0 aromatic rings. The van der Waals surface area contributed by atoms with Gasteiger partial charge in [-0.05, 0) is 25.2 Å². The Hall–Kier alpha value is -1.26. The molecular weight excluding hydrogens is 218 g/mol. The second-order valence-electron chi connectivity index (χ2n) is 5.69. The van der Waals surface area contributed by atoms with Gasteiger partial charge < -0.3 is 15.8 Å². The van der Waals surface area contributed by atoms with E-state index in [9.17, 15) is 4.79 Å². The molecule has 1 heterocycles. The number of nitrogens with two attached hydrogens (primary N) is 1. The second kappa shape index (κ2) is 4.20. The van der Waals surface area contributed by atoms with E-state index in [1.54, 1.807) is 0 Å². The number of amides is 1. The van der Waals surface area contributed by atoms with Crippen LogP contribution in [0.5, 0.6) is 0 Å². The van der Waals surface area contributed by atoms with Crippen molar-refractivity contribution in [1.29, 1.82) is 0 Å². The summed E-state index contributed by atoms with van der Waals surface area (Å²) in [5.41, 5.74) is 5.43. The molecule has 0 radical (unpaired) electrons. The minimum Gasteiger partial charge on any atom is -0.409 e. The lowest BCUT2D eigenvalue weighted by Gasteiger charge is -2.38. The van der Waals surface area contributed by atoms with Crippen molar-refractivity contribution in [2.75, 3.05) is 13.1 Å². The number of carbonyl (C=O) groups excluding carboxylic acids is 1. The summed E-state index contributed by atoms with van der Waals surface area (Å²) in [5, 5.41) is 11.8. The molecule has 5 nitrogen and oxygen atoms in total. The molecule has 1 aliphatic carbocycles. The lowest BCUT2D eigenvalue weighted by atomic mass is 9.79. The molecular formula is C12H21N3O2. The largest absolute Gasteiger partial charge is 0.409 e. The van der Waals surface area contributed by atoms with Crippen molar-refractivity contribution in [2.24, 2.45) is 28.1 Å². The highest BCUT2D eigenvalue weighted by atomic mass is 16.4. The SMILES string of the molecule is CC1CC1C(=O)N1CCC(C)(C(N)=NO)CC1. The molecule has 96 valence electrons. The van der Waals surface area contributed by atoms with E-state index >= 15 is 0 Å². The summed E-state index contributed by atoms with van der Waals surface area (Å²) >= 11 is 0. The van der Waals surface area contributed by atoms with Gasteiger partial charge >= 0.3 is 0 Å². The molecule has 1 saturated heterocycles. The van der Waals surface area contributed by atoms with Crippen molar-refractivity contribution >= 4 is 11.7 Å². The maximum atomic E-state index is 12.0. The van der Waals surface area contributed by atoms with E-state index in [0.29, 0.717) is 11.8 Å². The molecule has 5 heteroatoms. The van der Waals surface area contributed by atoms with Crippen molar-refractivity contribution < 1.29 is 10.0 Å². The van der Waals surface area contributed by atoms with Crippen molar-refractivity contribution in [3.8, 4) is 0 Å². The summed E-state index contributed by atoms with van der Waals surface area (Å²) < 4.78 is 0. The molecule has 0 aromatic heterocycles. The van der Waals surface area contributed by atoms with Gasteiger partial charge in [0.25, 0.3) is 0 Å². The van der Waals surface area contributed by atoms with Gasteiger partial charge in [0.2, 0.25) is 5.91 Å². The molecule has 0 aromatic carbocycles. The smallest absolute Gasteiger partial charge is 0.225 e. The van der Waals surface area contributed by atoms with Crippen LogP contribution in [-0.2, 0) is 4.79 Å². The van der Waals surface area contributed by atoms with Gasteiger partial charge in [-0.15, -0.1) is 0 Å². The van der Waals surface area contributed by atoms with Crippen LogP contribution >= 0.6 is 0 Å². The Labute approximate surface area is 102 Å². The highest BCUT2D eigenvalue weighted by Crippen LogP contribution is 2.40. The molecule has 1 amide bonds. The first kappa shape index (κ1) is 12.2. The maximum absolute atomic E-state index is 12.0. The lowest BCUT2D eigenvalue weighted by molar-refractivity contribution is -0.134. The van der Waals surface area contributed by atoms with E-state index in [1.165, 1.54) is 0 Å². The zero-order chi connectivity index (χ0) is 12.6. The van der Waals surface area contributed by atoms with Crippen LogP contribution in [-0.4, -0.2) is 34.9 Å². The van der Waals surface area contributed by atoms with Gasteiger partial charge in [-0.3, -0.25) is 4.79 Å². The Kier molecular flexibility index (Phi) is 3.02. The fraction of sp³-hybridized carbons (Fsp3) is 0.833.